The maximum atomic E-state index is 11.4. The van der Waals surface area contributed by atoms with Gasteiger partial charge in [0.2, 0.25) is 5.91 Å². The van der Waals surface area contributed by atoms with Crippen LogP contribution in [0, 0.1) is 11.3 Å². The zero-order chi connectivity index (χ0) is 12.8. The zero-order valence-electron chi connectivity index (χ0n) is 9.74. The van der Waals surface area contributed by atoms with Gasteiger partial charge in [0.15, 0.2) is 0 Å². The molecule has 0 N–H and O–H groups in total. The van der Waals surface area contributed by atoms with E-state index in [-0.39, 0.29) is 12.3 Å². The Morgan fingerprint density at radius 2 is 2.29 bits per heavy atom. The highest BCUT2D eigenvalue weighted by atomic mass is 35.5. The predicted octanol–water partition coefficient (Wildman–Crippen LogP) is 2.22. The van der Waals surface area contributed by atoms with Crippen molar-refractivity contribution in [2.24, 2.45) is 0 Å². The van der Waals surface area contributed by atoms with E-state index in [2.05, 4.69) is 0 Å². The van der Waals surface area contributed by atoms with Crippen LogP contribution >= 0.6 is 11.6 Å². The number of ether oxygens (including phenoxy) is 1. The number of nitriles is 1. The van der Waals surface area contributed by atoms with Crippen molar-refractivity contribution in [3.63, 3.8) is 0 Å². The van der Waals surface area contributed by atoms with Gasteiger partial charge in [-0.15, -0.1) is 0 Å². The number of amides is 1. The van der Waals surface area contributed by atoms with Crippen molar-refractivity contribution in [2.75, 3.05) is 14.2 Å². The van der Waals surface area contributed by atoms with Crippen LogP contribution in [0.4, 0.5) is 0 Å². The number of rotatable bonds is 4. The number of hydrogen-bond acceptors (Lipinski definition) is 3. The maximum Gasteiger partial charge on any atom is 0.236 e. The number of benzene rings is 1. The Morgan fingerprint density at radius 3 is 2.82 bits per heavy atom. The Bertz CT molecular complexity index is 454. The van der Waals surface area contributed by atoms with Crippen molar-refractivity contribution < 1.29 is 9.53 Å². The largest absolute Gasteiger partial charge is 0.497 e. The lowest BCUT2D eigenvalue weighted by molar-refractivity contribution is -0.129. The van der Waals surface area contributed by atoms with Crippen molar-refractivity contribution in [3.05, 3.63) is 28.8 Å². The maximum absolute atomic E-state index is 11.4. The highest BCUT2D eigenvalue weighted by Gasteiger charge is 2.10. The molecule has 0 saturated heterocycles. The lowest BCUT2D eigenvalue weighted by Crippen LogP contribution is -2.25. The third-order valence-electron chi connectivity index (χ3n) is 2.32. The Labute approximate surface area is 105 Å². The zero-order valence-corrected chi connectivity index (χ0v) is 10.5. The van der Waals surface area contributed by atoms with Crippen LogP contribution in [0.3, 0.4) is 0 Å². The van der Waals surface area contributed by atoms with Gasteiger partial charge in [0.05, 0.1) is 13.2 Å². The standard InChI is InChI=1S/C12H13ClN2O2/c1-15(12(16)5-6-14)8-9-3-4-10(17-2)7-11(9)13/h3-4,7H,5,8H2,1-2H3. The van der Waals surface area contributed by atoms with Gasteiger partial charge in [-0.25, -0.2) is 0 Å². The Morgan fingerprint density at radius 1 is 1.59 bits per heavy atom. The number of halogens is 1. The van der Waals surface area contributed by atoms with Crippen LogP contribution in [0.5, 0.6) is 5.75 Å². The van der Waals surface area contributed by atoms with Crippen molar-refractivity contribution in [3.8, 4) is 11.8 Å². The number of nitrogens with zero attached hydrogens (tertiary/aromatic N) is 2. The molecule has 1 amide bonds. The van der Waals surface area contributed by atoms with Crippen LogP contribution in [0.1, 0.15) is 12.0 Å². The normalized spacial score (nSPS) is 9.53. The van der Waals surface area contributed by atoms with E-state index in [1.165, 1.54) is 4.90 Å². The summed E-state index contributed by atoms with van der Waals surface area (Å²) in [6.45, 7) is 0.378. The van der Waals surface area contributed by atoms with E-state index in [1.54, 1.807) is 32.4 Å². The van der Waals surface area contributed by atoms with Crippen LogP contribution in [-0.4, -0.2) is 25.0 Å². The second-order valence-electron chi connectivity index (χ2n) is 3.54. The van der Waals surface area contributed by atoms with Crippen molar-refractivity contribution in [2.45, 2.75) is 13.0 Å². The monoisotopic (exact) mass is 252 g/mol. The number of hydrogen-bond donors (Lipinski definition) is 0. The lowest BCUT2D eigenvalue weighted by atomic mass is 10.2. The molecule has 90 valence electrons. The predicted molar refractivity (Wildman–Crippen MR) is 64.7 cm³/mol. The first-order valence-corrected chi connectivity index (χ1v) is 5.39. The fraction of sp³-hybridized carbons (Fsp3) is 0.333. The van der Waals surface area contributed by atoms with Gasteiger partial charge in [0, 0.05) is 18.6 Å². The summed E-state index contributed by atoms with van der Waals surface area (Å²) in [6.07, 6.45) is -0.121. The summed E-state index contributed by atoms with van der Waals surface area (Å²) in [5.41, 5.74) is 0.821. The molecule has 0 aliphatic carbocycles. The van der Waals surface area contributed by atoms with E-state index in [0.29, 0.717) is 17.3 Å². The summed E-state index contributed by atoms with van der Waals surface area (Å²) in [5, 5.41) is 8.98. The summed E-state index contributed by atoms with van der Waals surface area (Å²) in [7, 11) is 3.20. The van der Waals surface area contributed by atoms with Crippen molar-refractivity contribution in [1.82, 2.24) is 4.90 Å². The molecular weight excluding hydrogens is 240 g/mol. The van der Waals surface area contributed by atoms with E-state index < -0.39 is 0 Å². The molecule has 0 spiro atoms. The fourth-order valence-electron chi connectivity index (χ4n) is 1.33. The molecule has 0 saturated carbocycles. The molecule has 4 nitrogen and oxygen atoms in total. The van der Waals surface area contributed by atoms with Crippen LogP contribution < -0.4 is 4.74 Å². The minimum Gasteiger partial charge on any atom is -0.497 e. The van der Waals surface area contributed by atoms with E-state index >= 15 is 0 Å². The highest BCUT2D eigenvalue weighted by molar-refractivity contribution is 6.31. The van der Waals surface area contributed by atoms with Crippen LogP contribution in [-0.2, 0) is 11.3 Å². The first-order chi connectivity index (χ1) is 8.08. The Hall–Kier alpha value is -1.73. The highest BCUT2D eigenvalue weighted by Crippen LogP contribution is 2.23. The van der Waals surface area contributed by atoms with Crippen LogP contribution in [0.2, 0.25) is 5.02 Å². The van der Waals surface area contributed by atoms with E-state index in [9.17, 15) is 4.79 Å². The van der Waals surface area contributed by atoms with Gasteiger partial charge in [-0.2, -0.15) is 5.26 Å². The second-order valence-corrected chi connectivity index (χ2v) is 3.95. The van der Waals surface area contributed by atoms with Gasteiger partial charge < -0.3 is 9.64 Å². The molecule has 5 heteroatoms. The van der Waals surface area contributed by atoms with Gasteiger partial charge in [-0.1, -0.05) is 17.7 Å². The average Bonchev–Trinajstić information content (AvgIpc) is 2.31. The lowest BCUT2D eigenvalue weighted by Gasteiger charge is -2.16. The average molecular weight is 253 g/mol. The Kier molecular flexibility index (Phi) is 4.80. The topological polar surface area (TPSA) is 53.3 Å². The second kappa shape index (κ2) is 6.12. The Balaban J connectivity index is 2.75. The minimum atomic E-state index is -0.223. The van der Waals surface area contributed by atoms with Crippen LogP contribution in [0.15, 0.2) is 18.2 Å². The quantitative estimate of drug-likeness (QED) is 0.826. The molecular formula is C12H13ClN2O2. The van der Waals surface area contributed by atoms with Gasteiger partial charge in [-0.3, -0.25) is 4.79 Å². The number of methoxy groups -OCH3 is 1. The molecule has 0 atom stereocenters. The van der Waals surface area contributed by atoms with E-state index in [4.69, 9.17) is 21.6 Å². The molecule has 1 aromatic carbocycles. The fourth-order valence-corrected chi connectivity index (χ4v) is 1.56. The molecule has 1 aromatic rings. The minimum absolute atomic E-state index is 0.121. The van der Waals surface area contributed by atoms with Crippen LogP contribution in [0.25, 0.3) is 0 Å². The SMILES string of the molecule is COc1ccc(CN(C)C(=O)CC#N)c(Cl)c1. The molecule has 0 radical (unpaired) electrons. The van der Waals surface area contributed by atoms with Gasteiger partial charge in [0.25, 0.3) is 0 Å². The van der Waals surface area contributed by atoms with Gasteiger partial charge >= 0.3 is 0 Å². The third kappa shape index (κ3) is 3.65. The van der Waals surface area contributed by atoms with Crippen molar-refractivity contribution >= 4 is 17.5 Å². The molecule has 17 heavy (non-hydrogen) atoms. The molecule has 0 aliphatic heterocycles. The van der Waals surface area contributed by atoms with E-state index in [0.717, 1.165) is 5.56 Å². The molecule has 0 aliphatic rings. The molecule has 0 heterocycles. The summed E-state index contributed by atoms with van der Waals surface area (Å²) < 4.78 is 5.03. The van der Waals surface area contributed by atoms with Crippen molar-refractivity contribution in [1.29, 1.82) is 5.26 Å². The molecule has 1 rings (SSSR count). The first kappa shape index (κ1) is 13.3. The summed E-state index contributed by atoms with van der Waals surface area (Å²) in [6, 6.07) is 7.10. The third-order valence-corrected chi connectivity index (χ3v) is 2.68. The number of carbonyl (C=O) groups excluding carboxylic acids is 1. The van der Waals surface area contributed by atoms with Gasteiger partial charge in [0.1, 0.15) is 12.2 Å². The molecule has 0 unspecified atom stereocenters. The van der Waals surface area contributed by atoms with Gasteiger partial charge in [-0.05, 0) is 17.7 Å². The summed E-state index contributed by atoms with van der Waals surface area (Å²) >= 11 is 6.05. The first-order valence-electron chi connectivity index (χ1n) is 5.01. The smallest absolute Gasteiger partial charge is 0.236 e. The summed E-state index contributed by atoms with van der Waals surface area (Å²) in [4.78, 5) is 12.9. The number of carbonyl (C=O) groups is 1. The molecule has 0 bridgehead atoms. The molecule has 0 aromatic heterocycles. The molecule has 0 fully saturated rings. The van der Waals surface area contributed by atoms with E-state index in [1.807, 2.05) is 6.07 Å². The summed E-state index contributed by atoms with van der Waals surface area (Å²) in [5.74, 6) is 0.448.